The van der Waals surface area contributed by atoms with E-state index in [1.807, 2.05) is 6.92 Å². The van der Waals surface area contributed by atoms with Crippen molar-refractivity contribution in [2.45, 2.75) is 26.4 Å². The number of nitrogens with one attached hydrogen (secondary N) is 1. The zero-order valence-electron chi connectivity index (χ0n) is 14.1. The molecule has 1 amide bonds. The molecule has 0 radical (unpaired) electrons. The molecule has 0 bridgehead atoms. The van der Waals surface area contributed by atoms with E-state index in [0.717, 1.165) is 10.9 Å². The molecule has 26 heavy (non-hydrogen) atoms. The van der Waals surface area contributed by atoms with Gasteiger partial charge in [0.15, 0.2) is 5.69 Å². The Morgan fingerprint density at radius 2 is 1.96 bits per heavy atom. The van der Waals surface area contributed by atoms with Gasteiger partial charge in [-0.3, -0.25) is 9.59 Å². The van der Waals surface area contributed by atoms with E-state index in [1.165, 1.54) is 10.7 Å². The van der Waals surface area contributed by atoms with Crippen LogP contribution < -0.4 is 10.9 Å². The van der Waals surface area contributed by atoms with Crippen molar-refractivity contribution in [3.8, 4) is 0 Å². The molecule has 0 atom stereocenters. The fraction of sp³-hybridized carbons (Fsp3) is 0.211. The number of hydrogen-bond acceptors (Lipinski definition) is 3. The van der Waals surface area contributed by atoms with Crippen LogP contribution >= 0.6 is 15.9 Å². The van der Waals surface area contributed by atoms with Crippen LogP contribution in [0.2, 0.25) is 0 Å². The van der Waals surface area contributed by atoms with E-state index in [2.05, 4.69) is 26.3 Å². The van der Waals surface area contributed by atoms with Crippen LogP contribution in [0, 0.1) is 5.82 Å². The van der Waals surface area contributed by atoms with Crippen LogP contribution in [-0.4, -0.2) is 15.7 Å². The summed E-state index contributed by atoms with van der Waals surface area (Å²) in [5, 5.41) is 7.84. The summed E-state index contributed by atoms with van der Waals surface area (Å²) in [6.45, 7) is 2.37. The number of aryl methyl sites for hydroxylation is 1. The molecule has 3 rings (SSSR count). The Balaban J connectivity index is 1.96. The van der Waals surface area contributed by atoms with Gasteiger partial charge in [0.2, 0.25) is 0 Å². The molecule has 0 aliphatic rings. The number of hydrogen-bond donors (Lipinski definition) is 1. The first-order valence-corrected chi connectivity index (χ1v) is 9.02. The van der Waals surface area contributed by atoms with Gasteiger partial charge in [-0.25, -0.2) is 9.07 Å². The average Bonchev–Trinajstić information content (AvgIpc) is 2.64. The Labute approximate surface area is 158 Å². The lowest BCUT2D eigenvalue weighted by Crippen LogP contribution is -2.30. The second-order valence-corrected chi connectivity index (χ2v) is 6.76. The van der Waals surface area contributed by atoms with Crippen molar-refractivity contribution < 1.29 is 9.18 Å². The van der Waals surface area contributed by atoms with Gasteiger partial charge in [0.25, 0.3) is 11.5 Å². The largest absolute Gasteiger partial charge is 0.346 e. The zero-order chi connectivity index (χ0) is 18.7. The maximum atomic E-state index is 13.9. The van der Waals surface area contributed by atoms with Gasteiger partial charge in [0.1, 0.15) is 5.82 Å². The second kappa shape index (κ2) is 7.78. The molecular weight excluding hydrogens is 401 g/mol. The summed E-state index contributed by atoms with van der Waals surface area (Å²) in [6, 6.07) is 11.4. The standard InChI is InChI=1S/C19H17BrFN3O2/c1-2-9-24-19(26)15-6-4-3-5-14(15)17(23-24)18(25)22-11-12-10-13(20)7-8-16(12)21/h3-8,10H,2,9,11H2,1H3,(H,22,25). The zero-order valence-corrected chi connectivity index (χ0v) is 15.7. The molecule has 2 aromatic carbocycles. The fourth-order valence-electron chi connectivity index (χ4n) is 2.70. The summed E-state index contributed by atoms with van der Waals surface area (Å²) >= 11 is 3.29. The average molecular weight is 418 g/mol. The maximum Gasteiger partial charge on any atom is 0.274 e. The lowest BCUT2D eigenvalue weighted by atomic mass is 10.1. The molecule has 0 aliphatic heterocycles. The predicted octanol–water partition coefficient (Wildman–Crippen LogP) is 3.64. The quantitative estimate of drug-likeness (QED) is 0.688. The van der Waals surface area contributed by atoms with E-state index in [1.54, 1.807) is 36.4 Å². The van der Waals surface area contributed by atoms with E-state index in [4.69, 9.17) is 0 Å². The molecule has 134 valence electrons. The normalized spacial score (nSPS) is 10.9. The third-order valence-electron chi connectivity index (χ3n) is 3.97. The topological polar surface area (TPSA) is 64.0 Å². The van der Waals surface area contributed by atoms with Crippen LogP contribution in [0.5, 0.6) is 0 Å². The van der Waals surface area contributed by atoms with Crippen molar-refractivity contribution in [2.75, 3.05) is 0 Å². The number of rotatable bonds is 5. The molecule has 7 heteroatoms. The fourth-order valence-corrected chi connectivity index (χ4v) is 3.11. The van der Waals surface area contributed by atoms with E-state index in [9.17, 15) is 14.0 Å². The number of nitrogens with zero attached hydrogens (tertiary/aromatic N) is 2. The van der Waals surface area contributed by atoms with Crippen molar-refractivity contribution >= 4 is 32.6 Å². The van der Waals surface area contributed by atoms with E-state index < -0.39 is 11.7 Å². The first-order chi connectivity index (χ1) is 12.5. The van der Waals surface area contributed by atoms with Crippen molar-refractivity contribution in [1.29, 1.82) is 0 Å². The summed E-state index contributed by atoms with van der Waals surface area (Å²) < 4.78 is 15.9. The highest BCUT2D eigenvalue weighted by molar-refractivity contribution is 9.10. The van der Waals surface area contributed by atoms with Crippen LogP contribution in [-0.2, 0) is 13.1 Å². The number of carbonyl (C=O) groups excluding carboxylic acids is 1. The van der Waals surface area contributed by atoms with Crippen LogP contribution in [0.3, 0.4) is 0 Å². The number of benzene rings is 2. The Kier molecular flexibility index (Phi) is 5.46. The smallest absolute Gasteiger partial charge is 0.274 e. The van der Waals surface area contributed by atoms with Crippen molar-refractivity contribution in [1.82, 2.24) is 15.1 Å². The highest BCUT2D eigenvalue weighted by Crippen LogP contribution is 2.16. The lowest BCUT2D eigenvalue weighted by Gasteiger charge is -2.11. The third-order valence-corrected chi connectivity index (χ3v) is 4.46. The summed E-state index contributed by atoms with van der Waals surface area (Å²) in [5.41, 5.74) is 0.292. The number of amides is 1. The summed E-state index contributed by atoms with van der Waals surface area (Å²) in [4.78, 5) is 25.1. The molecule has 0 spiro atoms. The van der Waals surface area contributed by atoms with Gasteiger partial charge in [-0.2, -0.15) is 5.10 Å². The number of carbonyl (C=O) groups is 1. The Hall–Kier alpha value is -2.54. The Morgan fingerprint density at radius 3 is 2.69 bits per heavy atom. The maximum absolute atomic E-state index is 13.9. The van der Waals surface area contributed by atoms with Gasteiger partial charge < -0.3 is 5.32 Å². The molecule has 0 saturated carbocycles. The van der Waals surface area contributed by atoms with Gasteiger partial charge >= 0.3 is 0 Å². The summed E-state index contributed by atoms with van der Waals surface area (Å²) in [6.07, 6.45) is 0.718. The minimum absolute atomic E-state index is 0.0209. The first kappa shape index (κ1) is 18.3. The van der Waals surface area contributed by atoms with Crippen LogP contribution in [0.1, 0.15) is 29.4 Å². The predicted molar refractivity (Wildman–Crippen MR) is 102 cm³/mol. The Morgan fingerprint density at radius 1 is 1.23 bits per heavy atom. The molecular formula is C19H17BrFN3O2. The molecule has 0 fully saturated rings. The highest BCUT2D eigenvalue weighted by atomic mass is 79.9. The van der Waals surface area contributed by atoms with Crippen LogP contribution in [0.15, 0.2) is 51.7 Å². The number of halogens is 2. The molecule has 1 heterocycles. The molecule has 5 nitrogen and oxygen atoms in total. The number of fused-ring (bicyclic) bond motifs is 1. The van der Waals surface area contributed by atoms with Crippen molar-refractivity contribution in [3.05, 3.63) is 74.4 Å². The molecule has 1 aromatic heterocycles. The van der Waals surface area contributed by atoms with Gasteiger partial charge in [0, 0.05) is 28.5 Å². The van der Waals surface area contributed by atoms with Crippen molar-refractivity contribution in [2.24, 2.45) is 0 Å². The minimum Gasteiger partial charge on any atom is -0.346 e. The Bertz CT molecular complexity index is 1030. The molecule has 0 aliphatic carbocycles. The molecule has 0 saturated heterocycles. The lowest BCUT2D eigenvalue weighted by molar-refractivity contribution is 0.0945. The highest BCUT2D eigenvalue weighted by Gasteiger charge is 2.16. The first-order valence-electron chi connectivity index (χ1n) is 8.23. The molecule has 1 N–H and O–H groups in total. The van der Waals surface area contributed by atoms with E-state index in [-0.39, 0.29) is 17.8 Å². The second-order valence-electron chi connectivity index (χ2n) is 5.84. The summed E-state index contributed by atoms with van der Waals surface area (Å²) in [7, 11) is 0. The van der Waals surface area contributed by atoms with Gasteiger partial charge in [-0.15, -0.1) is 0 Å². The summed E-state index contributed by atoms with van der Waals surface area (Å²) in [5.74, 6) is -0.854. The SMILES string of the molecule is CCCn1nc(C(=O)NCc2cc(Br)ccc2F)c2ccccc2c1=O. The van der Waals surface area contributed by atoms with Crippen LogP contribution in [0.25, 0.3) is 10.8 Å². The minimum atomic E-state index is -0.453. The van der Waals surface area contributed by atoms with Gasteiger partial charge in [-0.1, -0.05) is 41.1 Å². The van der Waals surface area contributed by atoms with Gasteiger partial charge in [0.05, 0.1) is 5.39 Å². The van der Waals surface area contributed by atoms with Crippen molar-refractivity contribution in [3.63, 3.8) is 0 Å². The number of aromatic nitrogens is 2. The molecule has 3 aromatic rings. The monoisotopic (exact) mass is 417 g/mol. The molecule has 0 unspecified atom stereocenters. The third kappa shape index (κ3) is 3.67. The van der Waals surface area contributed by atoms with E-state index in [0.29, 0.717) is 22.9 Å². The van der Waals surface area contributed by atoms with E-state index >= 15 is 0 Å². The van der Waals surface area contributed by atoms with Gasteiger partial charge in [-0.05, 0) is 30.7 Å². The van der Waals surface area contributed by atoms with Crippen LogP contribution in [0.4, 0.5) is 4.39 Å².